The number of hydrogen-bond donors (Lipinski definition) is 0. The Kier molecular flexibility index (Phi) is 6.53. The van der Waals surface area contributed by atoms with Crippen molar-refractivity contribution in [3.05, 3.63) is 76.6 Å². The molecule has 8 heteroatoms. The van der Waals surface area contributed by atoms with Crippen molar-refractivity contribution >= 4 is 17.4 Å². The van der Waals surface area contributed by atoms with Gasteiger partial charge in [-0.25, -0.2) is 4.68 Å². The lowest BCUT2D eigenvalue weighted by atomic mass is 10.1. The second-order valence-corrected chi connectivity index (χ2v) is 7.89. The Morgan fingerprint density at radius 1 is 0.939 bits per heavy atom. The molecule has 0 spiro atoms. The highest BCUT2D eigenvalue weighted by Crippen LogP contribution is 2.27. The van der Waals surface area contributed by atoms with Gasteiger partial charge in [0, 0.05) is 49.1 Å². The van der Waals surface area contributed by atoms with Gasteiger partial charge in [0.25, 0.3) is 5.56 Å². The molecule has 170 valence electrons. The number of methoxy groups -OCH3 is 1. The zero-order valence-electron chi connectivity index (χ0n) is 18.7. The van der Waals surface area contributed by atoms with Gasteiger partial charge in [-0.3, -0.25) is 14.4 Å². The SMILES string of the molecule is COc1ccccc1-c1ccc(=O)n(CC(=O)N2CCN(c3ccc(C(C)=O)cc3)CC2)n1. The molecule has 2 heterocycles. The summed E-state index contributed by atoms with van der Waals surface area (Å²) in [5.41, 5.74) is 2.70. The summed E-state index contributed by atoms with van der Waals surface area (Å²) in [5, 5.41) is 4.41. The third-order valence-corrected chi connectivity index (χ3v) is 5.81. The van der Waals surface area contributed by atoms with E-state index in [9.17, 15) is 14.4 Å². The number of piperazine rings is 1. The van der Waals surface area contributed by atoms with Gasteiger partial charge in [-0.1, -0.05) is 12.1 Å². The summed E-state index contributed by atoms with van der Waals surface area (Å²) in [6.45, 7) is 3.88. The van der Waals surface area contributed by atoms with Crippen molar-refractivity contribution < 1.29 is 14.3 Å². The minimum atomic E-state index is -0.328. The van der Waals surface area contributed by atoms with E-state index in [2.05, 4.69) is 10.00 Å². The largest absolute Gasteiger partial charge is 0.496 e. The normalized spacial score (nSPS) is 13.6. The Labute approximate surface area is 192 Å². The molecule has 0 radical (unpaired) electrons. The van der Waals surface area contributed by atoms with E-state index < -0.39 is 0 Å². The number of aromatic nitrogens is 2. The molecule has 0 atom stereocenters. The summed E-state index contributed by atoms with van der Waals surface area (Å²) in [7, 11) is 1.58. The molecule has 3 aromatic rings. The van der Waals surface area contributed by atoms with Crippen LogP contribution in [-0.4, -0.2) is 59.7 Å². The molecule has 0 N–H and O–H groups in total. The Bertz CT molecular complexity index is 1210. The fraction of sp³-hybridized carbons (Fsp3) is 0.280. The number of anilines is 1. The van der Waals surface area contributed by atoms with Gasteiger partial charge >= 0.3 is 0 Å². The fourth-order valence-electron chi connectivity index (χ4n) is 3.91. The van der Waals surface area contributed by atoms with Gasteiger partial charge in [0.15, 0.2) is 5.78 Å². The maximum Gasteiger partial charge on any atom is 0.267 e. The Balaban J connectivity index is 1.42. The molecule has 8 nitrogen and oxygen atoms in total. The summed E-state index contributed by atoms with van der Waals surface area (Å²) in [6.07, 6.45) is 0. The lowest BCUT2D eigenvalue weighted by molar-refractivity contribution is -0.132. The van der Waals surface area contributed by atoms with E-state index in [0.717, 1.165) is 11.3 Å². The van der Waals surface area contributed by atoms with Gasteiger partial charge in [-0.15, -0.1) is 0 Å². The number of benzene rings is 2. The molecular weight excluding hydrogens is 420 g/mol. The summed E-state index contributed by atoms with van der Waals surface area (Å²) >= 11 is 0. The average Bonchev–Trinajstić information content (AvgIpc) is 2.85. The number of ether oxygens (including phenoxy) is 1. The quantitative estimate of drug-likeness (QED) is 0.541. The number of nitrogens with zero attached hydrogens (tertiary/aromatic N) is 4. The first kappa shape index (κ1) is 22.3. The number of hydrogen-bond acceptors (Lipinski definition) is 6. The van der Waals surface area contributed by atoms with Crippen LogP contribution in [0.2, 0.25) is 0 Å². The van der Waals surface area contributed by atoms with Gasteiger partial charge in [-0.2, -0.15) is 5.10 Å². The molecule has 1 aliphatic heterocycles. The van der Waals surface area contributed by atoms with Crippen molar-refractivity contribution in [3.63, 3.8) is 0 Å². The van der Waals surface area contributed by atoms with Gasteiger partial charge in [0.1, 0.15) is 12.3 Å². The van der Waals surface area contributed by atoms with Crippen LogP contribution in [0.15, 0.2) is 65.5 Å². The first-order valence-electron chi connectivity index (χ1n) is 10.8. The number of Topliss-reactive ketones (excluding diaryl/α,β-unsaturated/α-hetero) is 1. The van der Waals surface area contributed by atoms with Crippen molar-refractivity contribution in [2.24, 2.45) is 0 Å². The lowest BCUT2D eigenvalue weighted by Gasteiger charge is -2.36. The van der Waals surface area contributed by atoms with E-state index >= 15 is 0 Å². The molecular formula is C25H26N4O4. The van der Waals surface area contributed by atoms with Crippen molar-refractivity contribution in [1.82, 2.24) is 14.7 Å². The fourth-order valence-corrected chi connectivity index (χ4v) is 3.91. The molecule has 1 saturated heterocycles. The zero-order valence-corrected chi connectivity index (χ0v) is 18.7. The number of carbonyl (C=O) groups excluding carboxylic acids is 2. The van der Waals surface area contributed by atoms with E-state index in [1.165, 1.54) is 10.7 Å². The predicted molar refractivity (Wildman–Crippen MR) is 126 cm³/mol. The molecule has 1 aromatic heterocycles. The molecule has 1 aliphatic rings. The Hall–Kier alpha value is -3.94. The molecule has 0 bridgehead atoms. The van der Waals surface area contributed by atoms with Gasteiger partial charge < -0.3 is 14.5 Å². The zero-order chi connectivity index (χ0) is 23.4. The van der Waals surface area contributed by atoms with Gasteiger partial charge in [0.05, 0.1) is 12.8 Å². The molecule has 0 aliphatic carbocycles. The molecule has 1 amide bonds. The van der Waals surface area contributed by atoms with Crippen LogP contribution in [0.25, 0.3) is 11.3 Å². The number of amides is 1. The van der Waals surface area contributed by atoms with Gasteiger partial charge in [0.2, 0.25) is 5.91 Å². The summed E-state index contributed by atoms with van der Waals surface area (Å²) in [5.74, 6) is 0.540. The highest BCUT2D eigenvalue weighted by atomic mass is 16.5. The van der Waals surface area contributed by atoms with Crippen LogP contribution >= 0.6 is 0 Å². The maximum atomic E-state index is 12.9. The maximum absolute atomic E-state index is 12.9. The standard InChI is InChI=1S/C25H26N4O4/c1-18(30)19-7-9-20(10-8-19)27-13-15-28(16-14-27)25(32)17-29-24(31)12-11-22(26-29)21-5-3-4-6-23(21)33-2/h3-12H,13-17H2,1-2H3. The van der Waals surface area contributed by atoms with Crippen LogP contribution in [0, 0.1) is 0 Å². The molecule has 0 saturated carbocycles. The first-order chi connectivity index (χ1) is 16.0. The highest BCUT2D eigenvalue weighted by Gasteiger charge is 2.22. The smallest absolute Gasteiger partial charge is 0.267 e. The van der Waals surface area contributed by atoms with Crippen LogP contribution in [0.3, 0.4) is 0 Å². The van der Waals surface area contributed by atoms with E-state index in [1.54, 1.807) is 25.0 Å². The van der Waals surface area contributed by atoms with Crippen LogP contribution in [0.1, 0.15) is 17.3 Å². The number of ketones is 1. The number of rotatable bonds is 6. The second kappa shape index (κ2) is 9.68. The molecule has 2 aromatic carbocycles. The Morgan fingerprint density at radius 3 is 2.30 bits per heavy atom. The van der Waals surface area contributed by atoms with Crippen LogP contribution < -0.4 is 15.2 Å². The highest BCUT2D eigenvalue weighted by molar-refractivity contribution is 5.94. The van der Waals surface area contributed by atoms with E-state index in [1.807, 2.05) is 48.5 Å². The van der Waals surface area contributed by atoms with Crippen LogP contribution in [-0.2, 0) is 11.3 Å². The third kappa shape index (κ3) is 4.95. The number of para-hydroxylation sites is 1. The minimum Gasteiger partial charge on any atom is -0.496 e. The monoisotopic (exact) mass is 446 g/mol. The van der Waals surface area contributed by atoms with E-state index in [4.69, 9.17) is 4.74 Å². The van der Waals surface area contributed by atoms with E-state index in [-0.39, 0.29) is 23.8 Å². The van der Waals surface area contributed by atoms with Gasteiger partial charge in [-0.05, 0) is 49.4 Å². The topological polar surface area (TPSA) is 84.7 Å². The first-order valence-corrected chi connectivity index (χ1v) is 10.8. The average molecular weight is 447 g/mol. The van der Waals surface area contributed by atoms with E-state index in [0.29, 0.717) is 43.2 Å². The van der Waals surface area contributed by atoms with Crippen molar-refractivity contribution in [1.29, 1.82) is 0 Å². The molecule has 1 fully saturated rings. The molecule has 4 rings (SSSR count). The van der Waals surface area contributed by atoms with Crippen molar-refractivity contribution in [3.8, 4) is 17.0 Å². The molecule has 33 heavy (non-hydrogen) atoms. The third-order valence-electron chi connectivity index (χ3n) is 5.81. The summed E-state index contributed by atoms with van der Waals surface area (Å²) in [4.78, 5) is 40.7. The lowest BCUT2D eigenvalue weighted by Crippen LogP contribution is -2.50. The Morgan fingerprint density at radius 2 is 1.64 bits per heavy atom. The summed E-state index contributed by atoms with van der Waals surface area (Å²) < 4.78 is 6.59. The van der Waals surface area contributed by atoms with Crippen LogP contribution in [0.4, 0.5) is 5.69 Å². The van der Waals surface area contributed by atoms with Crippen molar-refractivity contribution in [2.75, 3.05) is 38.2 Å². The van der Waals surface area contributed by atoms with Crippen molar-refractivity contribution in [2.45, 2.75) is 13.5 Å². The number of carbonyl (C=O) groups is 2. The minimum absolute atomic E-state index is 0.0376. The molecule has 0 unspecified atom stereocenters. The predicted octanol–water partition coefficient (Wildman–Crippen LogP) is 2.47. The van der Waals surface area contributed by atoms with Crippen LogP contribution in [0.5, 0.6) is 5.75 Å². The second-order valence-electron chi connectivity index (χ2n) is 7.89. The summed E-state index contributed by atoms with van der Waals surface area (Å²) in [6, 6.07) is 18.0.